The number of rotatable bonds is 8. The van der Waals surface area contributed by atoms with Gasteiger partial charge in [0.2, 0.25) is 0 Å². The van der Waals surface area contributed by atoms with Gasteiger partial charge in [0.1, 0.15) is 25.1 Å². The molecule has 9 rings (SSSR count). The first-order chi connectivity index (χ1) is 25.5. The zero-order valence-corrected chi connectivity index (χ0v) is 30.4. The van der Waals surface area contributed by atoms with Crippen LogP contribution in [0, 0.1) is 39.0 Å². The summed E-state index contributed by atoms with van der Waals surface area (Å²) in [6, 6.07) is 40.0. The molecule has 8 heteroatoms. The van der Waals surface area contributed by atoms with Gasteiger partial charge in [0.25, 0.3) is 0 Å². The molecule has 0 atom stereocenters. The fraction of sp³-hybridized carbons (Fsp3) is 0. The second-order valence-corrected chi connectivity index (χ2v) is 16.6. The van der Waals surface area contributed by atoms with E-state index in [1.54, 1.807) is 45.3 Å². The maximum Gasteiger partial charge on any atom is 0.150 e. The van der Waals surface area contributed by atoms with E-state index in [1.165, 1.54) is 18.1 Å². The Balaban J connectivity index is 1.46. The summed E-state index contributed by atoms with van der Waals surface area (Å²) in [6.07, 6.45) is 3.46. The van der Waals surface area contributed by atoms with Crippen LogP contribution in [0.1, 0.15) is 41.4 Å². The quantitative estimate of drug-likeness (QED) is 0.145. The number of thiophene rings is 4. The zero-order valence-electron chi connectivity index (χ0n) is 27.1. The van der Waals surface area contributed by atoms with Crippen molar-refractivity contribution in [3.63, 3.8) is 0 Å². The second kappa shape index (κ2) is 13.2. The van der Waals surface area contributed by atoms with Crippen LogP contribution in [-0.2, 0) is 0 Å². The smallest absolute Gasteiger partial charge is 0.150 e. The van der Waals surface area contributed by atoms with E-state index in [-0.39, 0.29) is 0 Å². The molecule has 0 amide bonds. The number of fused-ring (bicyclic) bond motifs is 4. The van der Waals surface area contributed by atoms with Crippen LogP contribution in [0.25, 0.3) is 41.8 Å². The van der Waals surface area contributed by atoms with Gasteiger partial charge in [-0.05, 0) is 46.5 Å². The molecule has 8 aromatic rings. The van der Waals surface area contributed by atoms with E-state index in [2.05, 4.69) is 24.3 Å². The summed E-state index contributed by atoms with van der Waals surface area (Å²) in [5.74, 6) is 0. The summed E-state index contributed by atoms with van der Waals surface area (Å²) in [4.78, 5) is 50.3. The molecule has 0 aliphatic heterocycles. The Morgan fingerprint density at radius 1 is 0.288 bits per heavy atom. The van der Waals surface area contributed by atoms with Crippen LogP contribution >= 0.6 is 45.3 Å². The van der Waals surface area contributed by atoms with Gasteiger partial charge >= 0.3 is 0 Å². The molecule has 52 heavy (non-hydrogen) atoms. The predicted molar refractivity (Wildman–Crippen MR) is 211 cm³/mol. The lowest BCUT2D eigenvalue weighted by molar-refractivity contribution is 0.111. The van der Waals surface area contributed by atoms with Crippen molar-refractivity contribution in [2.75, 3.05) is 0 Å². The Hall–Kier alpha value is -5.64. The van der Waals surface area contributed by atoms with Gasteiger partial charge in [0.15, 0.2) is 0 Å². The number of carbonyl (C=O) groups excluding carboxylic acids is 4. The molecule has 0 bridgehead atoms. The van der Waals surface area contributed by atoms with Crippen LogP contribution in [0.3, 0.4) is 0 Å². The molecular weight excluding hydrogens is 721 g/mol. The van der Waals surface area contributed by atoms with Crippen LogP contribution in [-0.4, -0.2) is 25.1 Å². The molecule has 0 spiro atoms. The lowest BCUT2D eigenvalue weighted by Gasteiger charge is -1.96. The monoisotopic (exact) mass is 744 g/mol. The SMILES string of the molecule is O=Cc1ccc(-c2cc3/c(s2)=c2/sc(-c4ccc(C=O)cc4)c/c2=c2\cc(-c4ccc(C=O)cc4)s\c2=c2/sc(-c4ccc(C=O)cc4)c/c2=3)cc1. The largest absolute Gasteiger partial charge is 0.298 e. The minimum atomic E-state index is 0.635. The van der Waals surface area contributed by atoms with Crippen LogP contribution in [0.5, 0.6) is 0 Å². The third kappa shape index (κ3) is 5.57. The van der Waals surface area contributed by atoms with Crippen molar-refractivity contribution in [2.45, 2.75) is 0 Å². The van der Waals surface area contributed by atoms with Crippen molar-refractivity contribution in [2.24, 2.45) is 0 Å². The van der Waals surface area contributed by atoms with Gasteiger partial charge in [-0.2, -0.15) is 0 Å². The van der Waals surface area contributed by atoms with Crippen molar-refractivity contribution in [1.29, 1.82) is 0 Å². The third-order valence-corrected chi connectivity index (χ3v) is 14.3. The molecule has 0 unspecified atom stereocenters. The van der Waals surface area contributed by atoms with E-state index in [0.29, 0.717) is 22.3 Å². The summed E-state index contributed by atoms with van der Waals surface area (Å²) in [5, 5.41) is 4.57. The first-order valence-electron chi connectivity index (χ1n) is 16.3. The highest BCUT2D eigenvalue weighted by molar-refractivity contribution is 7.18. The molecule has 0 radical (unpaired) electrons. The summed E-state index contributed by atoms with van der Waals surface area (Å²) < 4.78 is 4.67. The summed E-state index contributed by atoms with van der Waals surface area (Å²) in [6.45, 7) is 0. The highest BCUT2D eigenvalue weighted by Gasteiger charge is 2.15. The standard InChI is InChI=1S/C44H24O4S4/c45-21-25-1-9-29(10-2-25)37-17-33-34-18-38(30-11-3-26(22-46)4-12-30)51-43(34)44-36(20-40(52-44)32-15-7-28(24-48)8-16-32)35-19-39(50-42(35)41(33)49-37)31-13-5-27(23-47)6-14-31/h1-24H/b34-33-,36-35-,42-41-,44-43-. The van der Waals surface area contributed by atoms with Crippen LogP contribution in [0.15, 0.2) is 121 Å². The van der Waals surface area contributed by atoms with Gasteiger partial charge in [-0.3, -0.25) is 19.2 Å². The molecule has 1 aliphatic rings. The van der Waals surface area contributed by atoms with Crippen LogP contribution < -0.4 is 0 Å². The molecule has 0 saturated carbocycles. The van der Waals surface area contributed by atoms with Crippen LogP contribution in [0.2, 0.25) is 0 Å². The Labute approximate surface area is 312 Å². The van der Waals surface area contributed by atoms with E-state index in [1.807, 2.05) is 97.1 Å². The molecule has 4 nitrogen and oxygen atoms in total. The normalized spacial score (nSPS) is 14.2. The molecular formula is C44H24O4S4. The summed E-state index contributed by atoms with van der Waals surface area (Å²) in [5.41, 5.74) is 6.72. The van der Waals surface area contributed by atoms with Gasteiger partial charge in [0, 0.05) is 62.6 Å². The van der Waals surface area contributed by atoms with E-state index in [4.69, 9.17) is 0 Å². The first kappa shape index (κ1) is 32.3. The maximum atomic E-state index is 11.5. The average molecular weight is 745 g/mol. The van der Waals surface area contributed by atoms with Crippen molar-refractivity contribution in [1.82, 2.24) is 0 Å². The minimum absolute atomic E-state index is 0.635. The summed E-state index contributed by atoms with van der Waals surface area (Å²) >= 11 is 7.00. The molecule has 0 N–H and O–H groups in total. The Bertz CT molecular complexity index is 2540. The highest BCUT2D eigenvalue weighted by atomic mass is 32.1. The van der Waals surface area contributed by atoms with E-state index in [9.17, 15) is 19.2 Å². The van der Waals surface area contributed by atoms with Crippen LogP contribution in [0.4, 0.5) is 0 Å². The number of hydrogen-bond donors (Lipinski definition) is 0. The topological polar surface area (TPSA) is 68.3 Å². The minimum Gasteiger partial charge on any atom is -0.298 e. The molecule has 0 fully saturated rings. The molecule has 4 aromatic carbocycles. The average Bonchev–Trinajstić information content (AvgIpc) is 4.02. The Morgan fingerprint density at radius 2 is 0.481 bits per heavy atom. The summed E-state index contributed by atoms with van der Waals surface area (Å²) in [7, 11) is 0. The molecule has 0 saturated heterocycles. The van der Waals surface area contributed by atoms with Gasteiger partial charge in [-0.1, -0.05) is 97.1 Å². The maximum absolute atomic E-state index is 11.5. The van der Waals surface area contributed by atoms with Crippen molar-refractivity contribution < 1.29 is 19.2 Å². The Morgan fingerprint density at radius 3 is 0.654 bits per heavy atom. The van der Waals surface area contributed by atoms with E-state index >= 15 is 0 Å². The number of carbonyl (C=O) groups is 4. The fourth-order valence-electron chi connectivity index (χ4n) is 6.51. The lowest BCUT2D eigenvalue weighted by atomic mass is 10.1. The third-order valence-electron chi connectivity index (χ3n) is 9.25. The van der Waals surface area contributed by atoms with Crippen molar-refractivity contribution >= 4 is 70.5 Å². The van der Waals surface area contributed by atoms with Gasteiger partial charge < -0.3 is 0 Å². The molecule has 1 aliphatic carbocycles. The molecule has 4 heterocycles. The fourth-order valence-corrected chi connectivity index (χ4v) is 11.5. The molecule has 4 aromatic heterocycles. The van der Waals surface area contributed by atoms with Gasteiger partial charge in [0.05, 0.1) is 18.1 Å². The van der Waals surface area contributed by atoms with Gasteiger partial charge in [-0.15, -0.1) is 45.3 Å². The van der Waals surface area contributed by atoms with E-state index < -0.39 is 0 Å². The lowest BCUT2D eigenvalue weighted by Crippen LogP contribution is -1.79. The number of hydrogen-bond acceptors (Lipinski definition) is 8. The van der Waals surface area contributed by atoms with Crippen molar-refractivity contribution in [3.05, 3.63) is 183 Å². The highest BCUT2D eigenvalue weighted by Crippen LogP contribution is 2.38. The second-order valence-electron chi connectivity index (χ2n) is 12.4. The predicted octanol–water partition coefficient (Wildman–Crippen LogP) is 11.3. The van der Waals surface area contributed by atoms with Crippen molar-refractivity contribution in [3.8, 4) is 41.8 Å². The first-order valence-corrected chi connectivity index (χ1v) is 19.6. The zero-order chi connectivity index (χ0) is 35.3. The number of aldehydes is 4. The van der Waals surface area contributed by atoms with Gasteiger partial charge in [-0.25, -0.2) is 0 Å². The molecule has 248 valence electrons. The Kier molecular flexibility index (Phi) is 8.17. The number of benzene rings is 4. The van der Waals surface area contributed by atoms with E-state index in [0.717, 1.165) is 87.8 Å².